The number of rotatable bonds is 8. The van der Waals surface area contributed by atoms with E-state index in [1.165, 1.54) is 17.3 Å². The number of anilines is 1. The van der Waals surface area contributed by atoms with Crippen molar-refractivity contribution in [3.8, 4) is 0 Å². The topological polar surface area (TPSA) is 75.0 Å². The minimum absolute atomic E-state index is 0. The van der Waals surface area contributed by atoms with Crippen LogP contribution in [0.25, 0.3) is 0 Å². The van der Waals surface area contributed by atoms with Gasteiger partial charge in [-0.25, -0.2) is 4.57 Å². The van der Waals surface area contributed by atoms with Crippen LogP contribution in [-0.4, -0.2) is 4.92 Å². The van der Waals surface area contributed by atoms with Crippen LogP contribution in [0.2, 0.25) is 0 Å². The van der Waals surface area contributed by atoms with E-state index in [0.29, 0.717) is 10.8 Å². The molecule has 0 aliphatic rings. The van der Waals surface area contributed by atoms with Gasteiger partial charge in [0.15, 0.2) is 6.20 Å². The zero-order valence-corrected chi connectivity index (χ0v) is 19.5. The summed E-state index contributed by atoms with van der Waals surface area (Å²) < 4.78 is 1.60. The molecule has 1 aromatic heterocycles. The molecule has 0 amide bonds. The molecule has 0 bridgehead atoms. The molecule has 1 heterocycles. The predicted molar refractivity (Wildman–Crippen MR) is 126 cm³/mol. The number of aryl methyl sites for hydroxylation is 1. The third-order valence-electron chi connectivity index (χ3n) is 4.88. The minimum Gasteiger partial charge on any atom is -1.00 e. The fourth-order valence-corrected chi connectivity index (χ4v) is 4.02. The highest BCUT2D eigenvalue weighted by molar-refractivity contribution is 7.17. The molecule has 3 aromatic carbocycles. The van der Waals surface area contributed by atoms with E-state index >= 15 is 0 Å². The van der Waals surface area contributed by atoms with Crippen LogP contribution < -0.4 is 21.9 Å². The van der Waals surface area contributed by atoms with Crippen LogP contribution in [-0.2, 0) is 20.1 Å². The number of hydrogen-bond acceptors (Lipinski definition) is 6. The summed E-state index contributed by atoms with van der Waals surface area (Å²) >= 11 is 0.993. The van der Waals surface area contributed by atoms with Crippen molar-refractivity contribution in [3.05, 3.63) is 112 Å². The van der Waals surface area contributed by atoms with Gasteiger partial charge in [0.2, 0.25) is 0 Å². The number of azo groups is 1. The second kappa shape index (κ2) is 11.3. The average Bonchev–Trinajstić information content (AvgIpc) is 3.20. The molecule has 168 valence electrons. The van der Waals surface area contributed by atoms with Crippen molar-refractivity contribution in [1.82, 2.24) is 0 Å². The molecule has 0 fully saturated rings. The SMILES string of the molecule is C[n+]1cc([N+](=O)[O-])sc1N=Nc1ccc(N(Cc2ccccc2)Cc2ccccc2)cc1.[Cl-]. The fourth-order valence-electron chi connectivity index (χ4n) is 3.26. The van der Waals surface area contributed by atoms with Gasteiger partial charge >= 0.3 is 10.1 Å². The van der Waals surface area contributed by atoms with Crippen molar-refractivity contribution < 1.29 is 21.9 Å². The molecule has 0 unspecified atom stereocenters. The Morgan fingerprint density at radius 2 is 1.42 bits per heavy atom. The minimum atomic E-state index is -0.424. The largest absolute Gasteiger partial charge is 1.00 e. The van der Waals surface area contributed by atoms with E-state index < -0.39 is 4.92 Å². The Balaban J connectivity index is 0.00000306. The zero-order chi connectivity index (χ0) is 22.3. The van der Waals surface area contributed by atoms with Crippen molar-refractivity contribution >= 4 is 32.8 Å². The molecular weight excluding hydrogens is 458 g/mol. The van der Waals surface area contributed by atoms with Gasteiger partial charge in [0.25, 0.3) is 0 Å². The molecule has 0 radical (unpaired) electrons. The van der Waals surface area contributed by atoms with Gasteiger partial charge in [-0.05, 0) is 40.5 Å². The van der Waals surface area contributed by atoms with Crippen LogP contribution in [0.5, 0.6) is 0 Å². The summed E-state index contributed by atoms with van der Waals surface area (Å²) in [6.07, 6.45) is 1.44. The van der Waals surface area contributed by atoms with Gasteiger partial charge in [-0.1, -0.05) is 60.7 Å². The highest BCUT2D eigenvalue weighted by Gasteiger charge is 2.21. The maximum Gasteiger partial charge on any atom is 0.414 e. The van der Waals surface area contributed by atoms with Crippen molar-refractivity contribution in [2.45, 2.75) is 13.1 Å². The van der Waals surface area contributed by atoms with Crippen LogP contribution in [0, 0.1) is 10.1 Å². The van der Waals surface area contributed by atoms with E-state index in [4.69, 9.17) is 0 Å². The molecule has 0 saturated heterocycles. The van der Waals surface area contributed by atoms with Gasteiger partial charge in [-0.2, -0.15) is 0 Å². The Kier molecular flexibility index (Phi) is 8.23. The Hall–Kier alpha value is -3.62. The molecule has 4 rings (SSSR count). The standard InChI is InChI=1S/C24H22N5O2S.ClH/c1-27-18-23(29(30)31)32-24(27)26-25-21-12-14-22(15-13-21)28(16-19-8-4-2-5-9-19)17-20-10-6-3-7-11-20;/h2-15,18H,16-17H2,1H3;1H/q+1;/p-1. The Bertz CT molecular complexity index is 1170. The first-order chi connectivity index (χ1) is 15.6. The number of nitro groups is 1. The highest BCUT2D eigenvalue weighted by Crippen LogP contribution is 2.28. The first-order valence-corrected chi connectivity index (χ1v) is 10.9. The lowest BCUT2D eigenvalue weighted by atomic mass is 10.1. The lowest BCUT2D eigenvalue weighted by Gasteiger charge is -2.25. The lowest BCUT2D eigenvalue weighted by molar-refractivity contribution is -0.656. The summed E-state index contributed by atoms with van der Waals surface area (Å²) in [7, 11) is 1.71. The van der Waals surface area contributed by atoms with Crippen molar-refractivity contribution in [2.24, 2.45) is 17.3 Å². The molecule has 4 aromatic rings. The second-order valence-corrected chi connectivity index (χ2v) is 8.25. The Morgan fingerprint density at radius 1 is 0.879 bits per heavy atom. The number of hydrogen-bond donors (Lipinski definition) is 0. The molecule has 7 nitrogen and oxygen atoms in total. The highest BCUT2D eigenvalue weighted by atomic mass is 35.5. The van der Waals surface area contributed by atoms with Crippen molar-refractivity contribution in [1.29, 1.82) is 0 Å². The van der Waals surface area contributed by atoms with Crippen molar-refractivity contribution in [2.75, 3.05) is 4.90 Å². The monoisotopic (exact) mass is 479 g/mol. The van der Waals surface area contributed by atoms with Crippen molar-refractivity contribution in [3.63, 3.8) is 0 Å². The van der Waals surface area contributed by atoms with Gasteiger partial charge in [0.05, 0.1) is 17.1 Å². The summed E-state index contributed by atoms with van der Waals surface area (Å²) in [6.45, 7) is 1.57. The third kappa shape index (κ3) is 6.44. The van der Waals surface area contributed by atoms with E-state index in [1.807, 2.05) is 36.4 Å². The summed E-state index contributed by atoms with van der Waals surface area (Å²) in [5.74, 6) is 0. The number of halogens is 1. The smallest absolute Gasteiger partial charge is 0.414 e. The first kappa shape index (κ1) is 24.0. The fraction of sp³-hybridized carbons (Fsp3) is 0.125. The quantitative estimate of drug-likeness (QED) is 0.169. The zero-order valence-electron chi connectivity index (χ0n) is 17.9. The summed E-state index contributed by atoms with van der Waals surface area (Å²) in [6, 6.07) is 28.6. The van der Waals surface area contributed by atoms with Crippen LogP contribution in [0.15, 0.2) is 101 Å². The lowest BCUT2D eigenvalue weighted by Crippen LogP contribution is -3.00. The molecule has 0 saturated carbocycles. The van der Waals surface area contributed by atoms with E-state index in [-0.39, 0.29) is 17.4 Å². The molecular formula is C24H22ClN5O2S. The van der Waals surface area contributed by atoms with E-state index in [1.54, 1.807) is 11.6 Å². The molecule has 0 aliphatic heterocycles. The first-order valence-electron chi connectivity index (χ1n) is 10.1. The van der Waals surface area contributed by atoms with Crippen LogP contribution >= 0.6 is 11.3 Å². The van der Waals surface area contributed by atoms with Gasteiger partial charge in [-0.3, -0.25) is 10.1 Å². The number of nitrogens with zero attached hydrogens (tertiary/aromatic N) is 5. The maximum absolute atomic E-state index is 10.9. The van der Waals surface area contributed by atoms with E-state index in [0.717, 1.165) is 30.1 Å². The number of aromatic nitrogens is 1. The number of benzene rings is 3. The number of thiazole rings is 1. The molecule has 0 N–H and O–H groups in total. The van der Waals surface area contributed by atoms with Crippen LogP contribution in [0.1, 0.15) is 11.1 Å². The summed E-state index contributed by atoms with van der Waals surface area (Å²) in [4.78, 5) is 12.8. The Morgan fingerprint density at radius 3 is 1.91 bits per heavy atom. The predicted octanol–water partition coefficient (Wildman–Crippen LogP) is 3.11. The van der Waals surface area contributed by atoms with Crippen LogP contribution in [0.3, 0.4) is 0 Å². The Labute approximate surface area is 202 Å². The molecule has 0 aliphatic carbocycles. The summed E-state index contributed by atoms with van der Waals surface area (Å²) in [5, 5.41) is 19.9. The molecule has 0 atom stereocenters. The second-order valence-electron chi connectivity index (χ2n) is 7.26. The van der Waals surface area contributed by atoms with Gasteiger partial charge < -0.3 is 17.3 Å². The third-order valence-corrected chi connectivity index (χ3v) is 5.90. The van der Waals surface area contributed by atoms with Crippen LogP contribution in [0.4, 0.5) is 21.5 Å². The average molecular weight is 480 g/mol. The van der Waals surface area contributed by atoms with Gasteiger partial charge in [0.1, 0.15) is 5.69 Å². The summed E-state index contributed by atoms with van der Waals surface area (Å²) in [5.41, 5.74) is 4.23. The van der Waals surface area contributed by atoms with Gasteiger partial charge in [-0.15, -0.1) is 0 Å². The van der Waals surface area contributed by atoms with E-state index in [2.05, 4.69) is 63.7 Å². The molecule has 9 heteroatoms. The molecule has 0 spiro atoms. The molecule has 33 heavy (non-hydrogen) atoms. The van der Waals surface area contributed by atoms with Gasteiger partial charge in [0, 0.05) is 30.1 Å². The normalized spacial score (nSPS) is 10.7. The maximum atomic E-state index is 10.9. The van der Waals surface area contributed by atoms with E-state index in [9.17, 15) is 10.1 Å².